The lowest BCUT2D eigenvalue weighted by atomic mass is 10.2. The first-order valence-electron chi connectivity index (χ1n) is 8.51. The van der Waals surface area contributed by atoms with E-state index in [0.29, 0.717) is 0 Å². The van der Waals surface area contributed by atoms with Crippen LogP contribution < -0.4 is 10.6 Å². The molecule has 162 valence electrons. The molecular weight excluding hydrogens is 461 g/mol. The molecule has 1 fully saturated rings. The number of thioether (sulfide) groups is 1. The Kier molecular flexibility index (Phi) is 6.51. The van der Waals surface area contributed by atoms with E-state index in [2.05, 4.69) is 15.6 Å². The van der Waals surface area contributed by atoms with Crippen molar-refractivity contribution in [3.8, 4) is 0 Å². The van der Waals surface area contributed by atoms with Crippen LogP contribution in [0.15, 0.2) is 47.5 Å². The third kappa shape index (κ3) is 5.52. The minimum absolute atomic E-state index is 0.00253. The number of carbonyl (C=O) groups excluding carboxylic acids is 2. The Morgan fingerprint density at radius 2 is 2.00 bits per heavy atom. The number of amides is 2. The van der Waals surface area contributed by atoms with Gasteiger partial charge >= 0.3 is 6.18 Å². The van der Waals surface area contributed by atoms with E-state index in [1.165, 1.54) is 24.3 Å². The fourth-order valence-corrected chi connectivity index (χ4v) is 3.75. The average molecular weight is 473 g/mol. The Bertz CT molecular complexity index is 1090. The average Bonchev–Trinajstić information content (AvgIpc) is 3.01. The zero-order valence-electron chi connectivity index (χ0n) is 15.3. The maximum absolute atomic E-state index is 13.1. The number of hydrogen-bond donors (Lipinski definition) is 2. The van der Waals surface area contributed by atoms with E-state index >= 15 is 0 Å². The van der Waals surface area contributed by atoms with E-state index in [9.17, 15) is 32.9 Å². The van der Waals surface area contributed by atoms with Crippen molar-refractivity contribution in [2.45, 2.75) is 17.8 Å². The van der Waals surface area contributed by atoms with Crippen molar-refractivity contribution in [2.24, 2.45) is 4.99 Å². The Morgan fingerprint density at radius 1 is 1.29 bits per heavy atom. The second-order valence-corrected chi connectivity index (χ2v) is 7.80. The van der Waals surface area contributed by atoms with Crippen LogP contribution in [0.1, 0.15) is 12.0 Å². The van der Waals surface area contributed by atoms with E-state index < -0.39 is 33.7 Å². The van der Waals surface area contributed by atoms with Gasteiger partial charge in [-0.25, -0.2) is 4.99 Å². The van der Waals surface area contributed by atoms with Crippen molar-refractivity contribution in [1.82, 2.24) is 5.32 Å². The second-order valence-electron chi connectivity index (χ2n) is 6.20. The highest BCUT2D eigenvalue weighted by Crippen LogP contribution is 2.37. The van der Waals surface area contributed by atoms with Crippen molar-refractivity contribution >= 4 is 57.4 Å². The van der Waals surface area contributed by atoms with Crippen LogP contribution in [-0.2, 0) is 15.8 Å². The Hall–Kier alpha value is -3.12. The highest BCUT2D eigenvalue weighted by atomic mass is 35.5. The number of benzene rings is 2. The molecule has 2 N–H and O–H groups in total. The zero-order valence-corrected chi connectivity index (χ0v) is 16.8. The number of amidine groups is 1. The largest absolute Gasteiger partial charge is 0.418 e. The summed E-state index contributed by atoms with van der Waals surface area (Å²) in [4.78, 5) is 38.5. The van der Waals surface area contributed by atoms with Crippen LogP contribution in [0.2, 0.25) is 5.02 Å². The lowest BCUT2D eigenvalue weighted by molar-refractivity contribution is -0.384. The molecule has 1 aliphatic rings. The van der Waals surface area contributed by atoms with Crippen LogP contribution >= 0.6 is 23.4 Å². The number of aliphatic imine (C=N–C) groups is 1. The zero-order chi connectivity index (χ0) is 22.8. The van der Waals surface area contributed by atoms with Crippen LogP contribution in [-0.4, -0.2) is 27.2 Å². The molecule has 8 nitrogen and oxygen atoms in total. The highest BCUT2D eigenvalue weighted by Gasteiger charge is 2.35. The van der Waals surface area contributed by atoms with Gasteiger partial charge in [0.2, 0.25) is 11.8 Å². The van der Waals surface area contributed by atoms with Crippen LogP contribution in [0.5, 0.6) is 0 Å². The summed E-state index contributed by atoms with van der Waals surface area (Å²) >= 11 is 6.73. The molecule has 2 aromatic rings. The van der Waals surface area contributed by atoms with Crippen molar-refractivity contribution < 1.29 is 27.7 Å². The van der Waals surface area contributed by atoms with Crippen LogP contribution in [0.25, 0.3) is 0 Å². The number of nitro groups is 1. The molecule has 1 atom stereocenters. The van der Waals surface area contributed by atoms with Gasteiger partial charge in [-0.2, -0.15) is 13.2 Å². The van der Waals surface area contributed by atoms with Gasteiger partial charge in [0.25, 0.3) is 5.69 Å². The van der Waals surface area contributed by atoms with Crippen LogP contribution in [0.3, 0.4) is 0 Å². The quantitative estimate of drug-likeness (QED) is 0.490. The molecule has 0 saturated carbocycles. The number of carbonyl (C=O) groups is 2. The monoisotopic (exact) mass is 472 g/mol. The molecule has 0 radical (unpaired) electrons. The van der Waals surface area contributed by atoms with E-state index in [1.54, 1.807) is 0 Å². The van der Waals surface area contributed by atoms with E-state index in [-0.39, 0.29) is 33.7 Å². The number of nitrogens with one attached hydrogen (secondary N) is 2. The molecule has 3 rings (SSSR count). The smallest absolute Gasteiger partial charge is 0.325 e. The molecule has 1 saturated heterocycles. The lowest BCUT2D eigenvalue weighted by Gasteiger charge is -2.09. The molecule has 31 heavy (non-hydrogen) atoms. The Balaban J connectivity index is 1.71. The number of nitrogens with zero attached hydrogens (tertiary/aromatic N) is 2. The number of rotatable bonds is 5. The molecule has 2 amide bonds. The molecule has 0 bridgehead atoms. The normalized spacial score (nSPS) is 17.5. The highest BCUT2D eigenvalue weighted by molar-refractivity contribution is 8.15. The maximum Gasteiger partial charge on any atom is 0.418 e. The molecule has 1 heterocycles. The standard InChI is InChI=1S/C18H12ClF3N4O4S/c19-11-6-5-9(26(29)30)7-13(11)23-15(27)8-14-16(28)25-17(31-14)24-12-4-2-1-3-10(12)18(20,21)22/h1-7,14H,8H2,(H,23,27)(H,24,25,28)/t14-/m1/s1. The summed E-state index contributed by atoms with van der Waals surface area (Å²) in [5, 5.41) is 14.6. The van der Waals surface area contributed by atoms with Gasteiger partial charge in [-0.3, -0.25) is 19.7 Å². The van der Waals surface area contributed by atoms with Crippen LogP contribution in [0, 0.1) is 10.1 Å². The van der Waals surface area contributed by atoms with E-state index in [4.69, 9.17) is 11.6 Å². The first-order valence-corrected chi connectivity index (χ1v) is 9.76. The number of nitro benzene ring substituents is 1. The van der Waals surface area contributed by atoms with E-state index in [1.807, 2.05) is 0 Å². The summed E-state index contributed by atoms with van der Waals surface area (Å²) < 4.78 is 39.3. The van der Waals surface area contributed by atoms with E-state index in [0.717, 1.165) is 30.0 Å². The predicted molar refractivity (Wildman–Crippen MR) is 109 cm³/mol. The molecule has 2 aromatic carbocycles. The van der Waals surface area contributed by atoms with Gasteiger partial charge in [-0.05, 0) is 18.2 Å². The summed E-state index contributed by atoms with van der Waals surface area (Å²) in [6.07, 6.45) is -4.97. The summed E-state index contributed by atoms with van der Waals surface area (Å²) in [6, 6.07) is 8.11. The van der Waals surface area contributed by atoms with Gasteiger partial charge in [-0.1, -0.05) is 35.5 Å². The molecule has 0 spiro atoms. The van der Waals surface area contributed by atoms with Crippen molar-refractivity contribution in [2.75, 3.05) is 5.32 Å². The number of para-hydroxylation sites is 1. The summed E-state index contributed by atoms with van der Waals surface area (Å²) in [7, 11) is 0. The molecule has 0 unspecified atom stereocenters. The fraction of sp³-hybridized carbons (Fsp3) is 0.167. The lowest BCUT2D eigenvalue weighted by Crippen LogP contribution is -2.28. The maximum atomic E-state index is 13.1. The number of halogens is 4. The molecule has 0 aromatic heterocycles. The topological polar surface area (TPSA) is 114 Å². The number of alkyl halides is 3. The summed E-state index contributed by atoms with van der Waals surface area (Å²) in [6.45, 7) is 0. The fourth-order valence-electron chi connectivity index (χ4n) is 2.60. The Labute approximate surface area is 182 Å². The molecule has 13 heteroatoms. The van der Waals surface area contributed by atoms with Gasteiger partial charge < -0.3 is 10.6 Å². The molecule has 0 aliphatic carbocycles. The first-order chi connectivity index (χ1) is 14.5. The molecule has 1 aliphatic heterocycles. The van der Waals surface area contributed by atoms with Gasteiger partial charge in [0.1, 0.15) is 5.25 Å². The van der Waals surface area contributed by atoms with Crippen molar-refractivity contribution in [3.05, 3.63) is 63.2 Å². The Morgan fingerprint density at radius 3 is 2.68 bits per heavy atom. The minimum Gasteiger partial charge on any atom is -0.325 e. The third-order valence-electron chi connectivity index (χ3n) is 4.01. The number of anilines is 1. The van der Waals surface area contributed by atoms with Crippen molar-refractivity contribution in [3.63, 3.8) is 0 Å². The third-order valence-corrected chi connectivity index (χ3v) is 5.43. The predicted octanol–water partition coefficient (Wildman–Crippen LogP) is 4.51. The van der Waals surface area contributed by atoms with Gasteiger partial charge in [0, 0.05) is 18.6 Å². The minimum atomic E-state index is -4.62. The van der Waals surface area contributed by atoms with Gasteiger partial charge in [0.15, 0.2) is 5.17 Å². The number of hydrogen-bond acceptors (Lipinski definition) is 6. The van der Waals surface area contributed by atoms with Gasteiger partial charge in [0.05, 0.1) is 26.9 Å². The molecular formula is C18H12ClF3N4O4S. The van der Waals surface area contributed by atoms with Crippen molar-refractivity contribution in [1.29, 1.82) is 0 Å². The summed E-state index contributed by atoms with van der Waals surface area (Å²) in [5.41, 5.74) is -1.62. The van der Waals surface area contributed by atoms with Gasteiger partial charge in [-0.15, -0.1) is 0 Å². The summed E-state index contributed by atoms with van der Waals surface area (Å²) in [5.74, 6) is -1.26. The van der Waals surface area contributed by atoms with Crippen LogP contribution in [0.4, 0.5) is 30.2 Å². The second kappa shape index (κ2) is 8.94. The SMILES string of the molecule is O=C(C[C@H]1SC(=Nc2ccccc2C(F)(F)F)NC1=O)Nc1cc([N+](=O)[O-])ccc1Cl. The number of non-ortho nitro benzene ring substituents is 1. The first kappa shape index (κ1) is 22.6.